The van der Waals surface area contributed by atoms with Gasteiger partial charge in [-0.2, -0.15) is 4.68 Å². The summed E-state index contributed by atoms with van der Waals surface area (Å²) in [5.41, 5.74) is 1.60. The van der Waals surface area contributed by atoms with Gasteiger partial charge in [0.05, 0.1) is 11.1 Å². The number of amides is 1. The van der Waals surface area contributed by atoms with E-state index >= 15 is 0 Å². The molecule has 2 atom stereocenters. The Morgan fingerprint density at radius 3 is 2.93 bits per heavy atom. The second kappa shape index (κ2) is 7.02. The third-order valence-corrected chi connectivity index (χ3v) is 6.92. The summed E-state index contributed by atoms with van der Waals surface area (Å²) < 4.78 is 6.70. The first-order chi connectivity index (χ1) is 14.4. The fourth-order valence-corrected chi connectivity index (χ4v) is 5.25. The summed E-state index contributed by atoms with van der Waals surface area (Å²) >= 11 is 1.53. The lowest BCUT2D eigenvalue weighted by Gasteiger charge is -2.23. The van der Waals surface area contributed by atoms with Gasteiger partial charge in [-0.1, -0.05) is 5.21 Å². The maximum atomic E-state index is 13.2. The molecular formula is C21H20N4O4S. The van der Waals surface area contributed by atoms with E-state index in [-0.39, 0.29) is 17.2 Å². The number of aromatic nitrogens is 3. The van der Waals surface area contributed by atoms with E-state index in [0.29, 0.717) is 27.2 Å². The van der Waals surface area contributed by atoms with E-state index in [0.717, 1.165) is 31.2 Å². The van der Waals surface area contributed by atoms with Crippen LogP contribution in [0.4, 0.5) is 5.69 Å². The van der Waals surface area contributed by atoms with Crippen LogP contribution >= 0.6 is 11.3 Å². The third-order valence-electron chi connectivity index (χ3n) is 5.75. The topological polar surface area (TPSA) is 103 Å². The Bertz CT molecular complexity index is 1260. The Balaban J connectivity index is 1.51. The minimum atomic E-state index is -0.828. The van der Waals surface area contributed by atoms with Crippen LogP contribution < -0.4 is 15.6 Å². The summed E-state index contributed by atoms with van der Waals surface area (Å²) in [5.74, 6) is -0.0463. The summed E-state index contributed by atoms with van der Waals surface area (Å²) in [6.07, 6.45) is 3.41. The molecule has 0 spiro atoms. The van der Waals surface area contributed by atoms with Crippen LogP contribution in [0.25, 0.3) is 10.2 Å². The first-order valence-corrected chi connectivity index (χ1v) is 10.8. The lowest BCUT2D eigenvalue weighted by Crippen LogP contribution is -2.34. The quantitative estimate of drug-likeness (QED) is 0.649. The molecule has 1 N–H and O–H groups in total. The molecule has 2 unspecified atom stereocenters. The molecule has 1 aliphatic heterocycles. The lowest BCUT2D eigenvalue weighted by molar-refractivity contribution is -0.122. The number of nitrogens with one attached hydrogen (secondary N) is 1. The highest BCUT2D eigenvalue weighted by Crippen LogP contribution is 2.34. The van der Waals surface area contributed by atoms with Crippen LogP contribution in [-0.4, -0.2) is 32.8 Å². The molecule has 9 heteroatoms. The molecule has 3 aromatic rings. The number of benzene rings is 1. The molecule has 0 saturated carbocycles. The number of carbonyl (C=O) groups is 2. The second-order valence-corrected chi connectivity index (χ2v) is 8.81. The van der Waals surface area contributed by atoms with Crippen molar-refractivity contribution in [3.05, 3.63) is 44.6 Å². The Morgan fingerprint density at radius 1 is 1.30 bits per heavy atom. The number of nitrogens with zero attached hydrogens (tertiary/aromatic N) is 3. The van der Waals surface area contributed by atoms with Crippen molar-refractivity contribution in [2.45, 2.75) is 51.7 Å². The number of thiophene rings is 1. The number of hydrogen-bond donors (Lipinski definition) is 1. The van der Waals surface area contributed by atoms with Crippen LogP contribution in [-0.2, 0) is 17.6 Å². The van der Waals surface area contributed by atoms with E-state index in [9.17, 15) is 14.4 Å². The van der Waals surface area contributed by atoms with Crippen LogP contribution in [0.3, 0.4) is 0 Å². The molecule has 1 aliphatic carbocycles. The van der Waals surface area contributed by atoms with Crippen molar-refractivity contribution in [2.24, 2.45) is 0 Å². The highest BCUT2D eigenvalue weighted by atomic mass is 32.1. The van der Waals surface area contributed by atoms with E-state index in [1.807, 2.05) is 0 Å². The molecule has 0 radical (unpaired) electrons. The maximum Gasteiger partial charge on any atom is 0.279 e. The predicted octanol–water partition coefficient (Wildman–Crippen LogP) is 2.90. The van der Waals surface area contributed by atoms with E-state index < -0.39 is 12.1 Å². The SMILES string of the molecule is CC1Oc2ccc(C(=O)C(C)n3nnc4sc5c(c4c3=O)CCCC5)cc2NC1=O. The number of rotatable bonds is 3. The molecule has 2 aliphatic rings. The number of aryl methyl sites for hydroxylation is 2. The van der Waals surface area contributed by atoms with Gasteiger partial charge in [0, 0.05) is 10.4 Å². The van der Waals surface area contributed by atoms with Gasteiger partial charge in [0.1, 0.15) is 11.8 Å². The Morgan fingerprint density at radius 2 is 2.10 bits per heavy atom. The molecule has 3 heterocycles. The number of ether oxygens (including phenoxy) is 1. The second-order valence-electron chi connectivity index (χ2n) is 7.73. The fraction of sp³-hybridized carbons (Fsp3) is 0.381. The van der Waals surface area contributed by atoms with Crippen molar-refractivity contribution in [3.63, 3.8) is 0 Å². The first kappa shape index (κ1) is 18.9. The maximum absolute atomic E-state index is 13.2. The molecule has 0 saturated heterocycles. The fourth-order valence-electron chi connectivity index (χ4n) is 4.05. The van der Waals surface area contributed by atoms with Crippen molar-refractivity contribution < 1.29 is 14.3 Å². The van der Waals surface area contributed by atoms with E-state index in [4.69, 9.17) is 4.74 Å². The molecule has 1 aromatic carbocycles. The normalized spacial score (nSPS) is 18.9. The molecule has 30 heavy (non-hydrogen) atoms. The summed E-state index contributed by atoms with van der Waals surface area (Å²) in [7, 11) is 0. The summed E-state index contributed by atoms with van der Waals surface area (Å²) in [4.78, 5) is 40.0. The van der Waals surface area contributed by atoms with Crippen molar-refractivity contribution in [1.82, 2.24) is 15.0 Å². The van der Waals surface area contributed by atoms with Crippen molar-refractivity contribution in [2.75, 3.05) is 5.32 Å². The summed E-state index contributed by atoms with van der Waals surface area (Å²) in [6.45, 7) is 3.30. The van der Waals surface area contributed by atoms with Crippen LogP contribution in [0.2, 0.25) is 0 Å². The zero-order valence-electron chi connectivity index (χ0n) is 16.6. The number of anilines is 1. The van der Waals surface area contributed by atoms with Crippen molar-refractivity contribution >= 4 is 38.9 Å². The third kappa shape index (κ3) is 2.92. The van der Waals surface area contributed by atoms with E-state index in [1.54, 1.807) is 32.0 Å². The van der Waals surface area contributed by atoms with Crippen LogP contribution in [0.1, 0.15) is 53.5 Å². The highest BCUT2D eigenvalue weighted by molar-refractivity contribution is 7.18. The standard InChI is InChI=1S/C21H20N4O4S/c1-10(18(26)12-7-8-15-14(9-12)22-19(27)11(2)29-15)25-21(28)17-13-5-3-4-6-16(13)30-20(17)23-24-25/h7-11H,3-6H2,1-2H3,(H,22,27). The van der Waals surface area contributed by atoms with Crippen LogP contribution in [0.5, 0.6) is 5.75 Å². The number of hydrogen-bond acceptors (Lipinski definition) is 7. The predicted molar refractivity (Wildman–Crippen MR) is 113 cm³/mol. The van der Waals surface area contributed by atoms with Crippen LogP contribution in [0.15, 0.2) is 23.0 Å². The zero-order chi connectivity index (χ0) is 21.0. The molecule has 2 aromatic heterocycles. The smallest absolute Gasteiger partial charge is 0.279 e. The van der Waals surface area contributed by atoms with Gasteiger partial charge in [-0.05, 0) is 63.3 Å². The van der Waals surface area contributed by atoms with Gasteiger partial charge >= 0.3 is 0 Å². The highest BCUT2D eigenvalue weighted by Gasteiger charge is 2.28. The molecule has 5 rings (SSSR count). The monoisotopic (exact) mass is 424 g/mol. The molecule has 1 amide bonds. The molecule has 0 bridgehead atoms. The van der Waals surface area contributed by atoms with E-state index in [2.05, 4.69) is 15.6 Å². The van der Waals surface area contributed by atoms with Crippen LogP contribution in [0, 0.1) is 0 Å². The summed E-state index contributed by atoms with van der Waals surface area (Å²) in [6, 6.07) is 4.02. The Kier molecular flexibility index (Phi) is 4.43. The largest absolute Gasteiger partial charge is 0.479 e. The number of Topliss-reactive ketones (excluding diaryl/α,β-unsaturated/α-hetero) is 1. The molecule has 0 fully saturated rings. The molecule has 154 valence electrons. The Hall–Kier alpha value is -3.07. The van der Waals surface area contributed by atoms with Gasteiger partial charge < -0.3 is 10.1 Å². The number of ketones is 1. The van der Waals surface area contributed by atoms with Gasteiger partial charge in [-0.25, -0.2) is 0 Å². The van der Waals surface area contributed by atoms with Gasteiger partial charge in [-0.15, -0.1) is 16.4 Å². The average Bonchev–Trinajstić information content (AvgIpc) is 3.13. The number of fused-ring (bicyclic) bond motifs is 4. The van der Waals surface area contributed by atoms with Gasteiger partial charge in [0.25, 0.3) is 11.5 Å². The summed E-state index contributed by atoms with van der Waals surface area (Å²) in [5, 5.41) is 11.6. The van der Waals surface area contributed by atoms with Gasteiger partial charge in [-0.3, -0.25) is 14.4 Å². The van der Waals surface area contributed by atoms with Gasteiger partial charge in [0.2, 0.25) is 0 Å². The average molecular weight is 424 g/mol. The number of carbonyl (C=O) groups excluding carboxylic acids is 2. The molecule has 8 nitrogen and oxygen atoms in total. The minimum Gasteiger partial charge on any atom is -0.479 e. The Labute approximate surface area is 175 Å². The van der Waals surface area contributed by atoms with E-state index in [1.165, 1.54) is 20.9 Å². The molecular weight excluding hydrogens is 404 g/mol. The first-order valence-electron chi connectivity index (χ1n) is 9.99. The zero-order valence-corrected chi connectivity index (χ0v) is 17.4. The minimum absolute atomic E-state index is 0.269. The lowest BCUT2D eigenvalue weighted by atomic mass is 9.97. The van der Waals surface area contributed by atoms with Crippen molar-refractivity contribution in [3.8, 4) is 5.75 Å². The van der Waals surface area contributed by atoms with Gasteiger partial charge in [0.15, 0.2) is 16.7 Å². The van der Waals surface area contributed by atoms with Crippen molar-refractivity contribution in [1.29, 1.82) is 0 Å².